The van der Waals surface area contributed by atoms with Crippen LogP contribution in [0.4, 0.5) is 0 Å². The minimum Gasteiger partial charge on any atom is -0.493 e. The second kappa shape index (κ2) is 15.9. The van der Waals surface area contributed by atoms with E-state index in [0.717, 1.165) is 54.5 Å². The van der Waals surface area contributed by atoms with Gasteiger partial charge in [-0.3, -0.25) is 4.90 Å². The fourth-order valence-electron chi connectivity index (χ4n) is 7.65. The van der Waals surface area contributed by atoms with Gasteiger partial charge in [0.1, 0.15) is 37.1 Å². The maximum atomic E-state index is 6.28. The van der Waals surface area contributed by atoms with Crippen LogP contribution in [0.5, 0.6) is 11.5 Å². The van der Waals surface area contributed by atoms with Crippen LogP contribution in [-0.2, 0) is 24.5 Å². The number of aryl methyl sites for hydroxylation is 1. The van der Waals surface area contributed by atoms with Gasteiger partial charge in [-0.2, -0.15) is 0 Å². The molecule has 3 atom stereocenters. The van der Waals surface area contributed by atoms with Crippen LogP contribution in [0.25, 0.3) is 22.2 Å². The average molecular weight is 667 g/mol. The molecule has 1 aromatic heterocycles. The third-order valence-electron chi connectivity index (χ3n) is 10.5. The first-order valence-corrected chi connectivity index (χ1v) is 18.4. The summed E-state index contributed by atoms with van der Waals surface area (Å²) in [5.74, 6) is 3.11. The Kier molecular flexibility index (Phi) is 10.7. The number of rotatable bonds is 13. The monoisotopic (exact) mass is 666 g/mol. The molecule has 50 heavy (non-hydrogen) atoms. The SMILES string of the molecule is Cc1c(-c2ccc(OCc3ccccc3)cc2)n(CC2C=CC(OCCN3[C@H](C)CCC[C@@H]3C)=CC2)c2ccc(OCc3ccccc3)cc12. The number of ether oxygens (including phenoxy) is 3. The van der Waals surface area contributed by atoms with Gasteiger partial charge in [-0.15, -0.1) is 0 Å². The maximum Gasteiger partial charge on any atom is 0.120 e. The fraction of sp³-hybridized carbons (Fsp3) is 0.333. The molecule has 1 aliphatic carbocycles. The lowest BCUT2D eigenvalue weighted by Crippen LogP contribution is -2.45. The molecular formula is C45H50N2O3. The molecule has 1 unspecified atom stereocenters. The lowest BCUT2D eigenvalue weighted by Gasteiger charge is -2.38. The van der Waals surface area contributed by atoms with Crippen molar-refractivity contribution < 1.29 is 14.2 Å². The largest absolute Gasteiger partial charge is 0.493 e. The van der Waals surface area contributed by atoms with Crippen molar-refractivity contribution >= 4 is 10.9 Å². The molecule has 0 amide bonds. The standard InChI is InChI=1S/C45H50N2O3/c1-33-11-10-12-34(2)46(33)27-28-48-40-21-17-36(18-22-40)30-47-44-26-25-42(50-32-38-15-8-5-9-16-38)29-43(44)35(3)45(47)39-19-23-41(24-20-39)49-31-37-13-6-4-7-14-37/h4-9,13-17,19-26,29,33-34,36H,10-12,18,27-28,30-32H2,1-3H3/t33-,34+,36?. The van der Waals surface area contributed by atoms with Gasteiger partial charge in [0, 0.05) is 36.1 Å². The second-order valence-corrected chi connectivity index (χ2v) is 14.0. The molecule has 1 aliphatic heterocycles. The summed E-state index contributed by atoms with van der Waals surface area (Å²) in [6, 6.07) is 37.0. The normalized spacial score (nSPS) is 19.3. The highest BCUT2D eigenvalue weighted by molar-refractivity contribution is 5.92. The molecule has 1 saturated heterocycles. The summed E-state index contributed by atoms with van der Waals surface area (Å²) in [7, 11) is 0. The minimum absolute atomic E-state index is 0.362. The van der Waals surface area contributed by atoms with Gasteiger partial charge in [0.05, 0.1) is 5.69 Å². The van der Waals surface area contributed by atoms with E-state index in [1.54, 1.807) is 0 Å². The van der Waals surface area contributed by atoms with Crippen molar-refractivity contribution in [3.8, 4) is 22.8 Å². The van der Waals surface area contributed by atoms with E-state index in [-0.39, 0.29) is 0 Å². The van der Waals surface area contributed by atoms with E-state index in [1.165, 1.54) is 47.0 Å². The highest BCUT2D eigenvalue weighted by Crippen LogP contribution is 2.37. The molecule has 0 saturated carbocycles. The van der Waals surface area contributed by atoms with Crippen LogP contribution in [0, 0.1) is 12.8 Å². The molecule has 7 rings (SSSR count). The van der Waals surface area contributed by atoms with E-state index in [9.17, 15) is 0 Å². The van der Waals surface area contributed by atoms with Crippen molar-refractivity contribution in [3.63, 3.8) is 0 Å². The summed E-state index contributed by atoms with van der Waals surface area (Å²) in [5.41, 5.74) is 7.21. The summed E-state index contributed by atoms with van der Waals surface area (Å²) in [5, 5.41) is 1.22. The predicted octanol–water partition coefficient (Wildman–Crippen LogP) is 10.5. The molecule has 4 aromatic carbocycles. The Balaban J connectivity index is 1.09. The van der Waals surface area contributed by atoms with Crippen molar-refractivity contribution in [2.24, 2.45) is 5.92 Å². The zero-order chi connectivity index (χ0) is 34.3. The highest BCUT2D eigenvalue weighted by atomic mass is 16.5. The molecule has 5 heteroatoms. The molecule has 258 valence electrons. The summed E-state index contributed by atoms with van der Waals surface area (Å²) in [4.78, 5) is 2.61. The van der Waals surface area contributed by atoms with E-state index in [2.05, 4.69) is 127 Å². The zero-order valence-electron chi connectivity index (χ0n) is 29.8. The van der Waals surface area contributed by atoms with Crippen molar-refractivity contribution in [3.05, 3.63) is 144 Å². The molecule has 2 heterocycles. The first-order chi connectivity index (χ1) is 24.5. The molecule has 1 fully saturated rings. The molecule has 0 bridgehead atoms. The van der Waals surface area contributed by atoms with Gasteiger partial charge in [0.2, 0.25) is 0 Å². The smallest absolute Gasteiger partial charge is 0.120 e. The molecule has 0 radical (unpaired) electrons. The van der Waals surface area contributed by atoms with Crippen LogP contribution in [0.1, 0.15) is 56.2 Å². The molecule has 5 aromatic rings. The Labute approximate surface area is 297 Å². The van der Waals surface area contributed by atoms with Crippen molar-refractivity contribution in [1.82, 2.24) is 9.47 Å². The summed E-state index contributed by atoms with van der Waals surface area (Å²) in [6.07, 6.45) is 11.7. The number of hydrogen-bond donors (Lipinski definition) is 0. The number of fused-ring (bicyclic) bond motifs is 1. The van der Waals surface area contributed by atoms with E-state index in [4.69, 9.17) is 14.2 Å². The number of hydrogen-bond acceptors (Lipinski definition) is 4. The van der Waals surface area contributed by atoms with Gasteiger partial charge in [-0.25, -0.2) is 0 Å². The van der Waals surface area contributed by atoms with Crippen LogP contribution in [0.15, 0.2) is 127 Å². The zero-order valence-corrected chi connectivity index (χ0v) is 29.8. The van der Waals surface area contributed by atoms with Crippen molar-refractivity contribution in [1.29, 1.82) is 0 Å². The average Bonchev–Trinajstić information content (AvgIpc) is 3.42. The van der Waals surface area contributed by atoms with E-state index >= 15 is 0 Å². The number of piperidine rings is 1. The van der Waals surface area contributed by atoms with Crippen molar-refractivity contribution in [2.45, 2.75) is 78.3 Å². The van der Waals surface area contributed by atoms with Crippen LogP contribution >= 0.6 is 0 Å². The lowest BCUT2D eigenvalue weighted by atomic mass is 9.98. The fourth-order valence-corrected chi connectivity index (χ4v) is 7.65. The number of benzene rings is 4. The molecular weight excluding hydrogens is 617 g/mol. The number of likely N-dealkylation sites (tertiary alicyclic amines) is 1. The van der Waals surface area contributed by atoms with Crippen molar-refractivity contribution in [2.75, 3.05) is 13.2 Å². The van der Waals surface area contributed by atoms with Crippen LogP contribution < -0.4 is 9.47 Å². The number of allylic oxidation sites excluding steroid dienone is 3. The Hall–Kier alpha value is -4.74. The van der Waals surface area contributed by atoms with E-state index in [1.807, 2.05) is 24.3 Å². The molecule has 5 nitrogen and oxygen atoms in total. The van der Waals surface area contributed by atoms with E-state index in [0.29, 0.717) is 31.2 Å². The Bertz CT molecular complexity index is 1900. The summed E-state index contributed by atoms with van der Waals surface area (Å²) < 4.78 is 21.2. The van der Waals surface area contributed by atoms with Gasteiger partial charge in [-0.05, 0) is 123 Å². The van der Waals surface area contributed by atoms with Crippen LogP contribution in [0.3, 0.4) is 0 Å². The highest BCUT2D eigenvalue weighted by Gasteiger charge is 2.24. The summed E-state index contributed by atoms with van der Waals surface area (Å²) >= 11 is 0. The third-order valence-corrected chi connectivity index (χ3v) is 10.5. The van der Waals surface area contributed by atoms with Gasteiger partial charge in [0.15, 0.2) is 0 Å². The minimum atomic E-state index is 0.362. The quantitative estimate of drug-likeness (QED) is 0.125. The number of aromatic nitrogens is 1. The van der Waals surface area contributed by atoms with E-state index < -0.39 is 0 Å². The van der Waals surface area contributed by atoms with Gasteiger partial charge >= 0.3 is 0 Å². The second-order valence-electron chi connectivity index (χ2n) is 14.0. The topological polar surface area (TPSA) is 35.9 Å². The molecule has 0 spiro atoms. The Morgan fingerprint density at radius 1 is 0.720 bits per heavy atom. The first kappa shape index (κ1) is 33.7. The van der Waals surface area contributed by atoms with Crippen LogP contribution in [0.2, 0.25) is 0 Å². The number of nitrogens with zero attached hydrogens (tertiary/aromatic N) is 2. The summed E-state index contributed by atoms with van der Waals surface area (Å²) in [6.45, 7) is 10.6. The maximum absolute atomic E-state index is 6.28. The molecule has 2 aliphatic rings. The third kappa shape index (κ3) is 8.00. The molecule has 0 N–H and O–H groups in total. The van der Waals surface area contributed by atoms with Gasteiger partial charge in [0.25, 0.3) is 0 Å². The predicted molar refractivity (Wildman–Crippen MR) is 204 cm³/mol. The Morgan fingerprint density at radius 3 is 2.00 bits per heavy atom. The van der Waals surface area contributed by atoms with Crippen LogP contribution in [-0.4, -0.2) is 34.7 Å². The van der Waals surface area contributed by atoms with Gasteiger partial charge in [-0.1, -0.05) is 73.2 Å². The Morgan fingerprint density at radius 2 is 1.36 bits per heavy atom. The lowest BCUT2D eigenvalue weighted by molar-refractivity contribution is 0.0716. The van der Waals surface area contributed by atoms with Gasteiger partial charge < -0.3 is 18.8 Å². The first-order valence-electron chi connectivity index (χ1n) is 18.4.